The number of hydrogen-bond donors (Lipinski definition) is 0. The molecule has 0 N–H and O–H groups in total. The third-order valence-corrected chi connectivity index (χ3v) is 6.72. The number of piperazine rings is 1. The molecule has 2 aromatic heterocycles. The lowest BCUT2D eigenvalue weighted by atomic mass is 10.1. The van der Waals surface area contributed by atoms with Crippen LogP contribution in [-0.2, 0) is 6.54 Å². The summed E-state index contributed by atoms with van der Waals surface area (Å²) in [7, 11) is 0. The molecule has 0 spiro atoms. The van der Waals surface area contributed by atoms with Crippen LogP contribution in [0.5, 0.6) is 0 Å². The zero-order valence-corrected chi connectivity index (χ0v) is 20.9. The van der Waals surface area contributed by atoms with Gasteiger partial charge >= 0.3 is 0 Å². The molecule has 1 saturated heterocycles. The standard InChI is InChI=1S/C30H30FN5O/c1-2-34-15-17-35(18-16-34)28-12-10-24(19-27(28)31)29(37)13-11-26-22-36(21-23-7-4-3-5-8-23)33-30(26)25-9-6-14-32-20-25/h3-14,19-20,22H,2,15-18,21H2,1H3/b13-11+. The van der Waals surface area contributed by atoms with E-state index in [0.717, 1.165) is 55.1 Å². The highest BCUT2D eigenvalue weighted by molar-refractivity contribution is 6.07. The second-order valence-electron chi connectivity index (χ2n) is 9.14. The van der Waals surface area contributed by atoms with Gasteiger partial charge in [0, 0.05) is 61.5 Å². The van der Waals surface area contributed by atoms with Gasteiger partial charge in [0.15, 0.2) is 5.78 Å². The van der Waals surface area contributed by atoms with Crippen molar-refractivity contribution in [2.75, 3.05) is 37.6 Å². The maximum absolute atomic E-state index is 15.0. The monoisotopic (exact) mass is 495 g/mol. The van der Waals surface area contributed by atoms with E-state index in [9.17, 15) is 9.18 Å². The largest absolute Gasteiger partial charge is 0.367 e. The minimum Gasteiger partial charge on any atom is -0.367 e. The van der Waals surface area contributed by atoms with Gasteiger partial charge in [-0.15, -0.1) is 0 Å². The summed E-state index contributed by atoms with van der Waals surface area (Å²) in [5, 5.41) is 4.76. The first-order valence-electron chi connectivity index (χ1n) is 12.6. The topological polar surface area (TPSA) is 54.3 Å². The van der Waals surface area contributed by atoms with Crippen molar-refractivity contribution in [1.29, 1.82) is 0 Å². The number of carbonyl (C=O) groups is 1. The van der Waals surface area contributed by atoms with Crippen molar-refractivity contribution in [2.45, 2.75) is 13.5 Å². The Bertz CT molecular complexity index is 1380. The predicted octanol–water partition coefficient (Wildman–Crippen LogP) is 5.17. The first-order chi connectivity index (χ1) is 18.1. The Hall–Kier alpha value is -4.10. The molecule has 1 aliphatic rings. The van der Waals surface area contributed by atoms with E-state index in [-0.39, 0.29) is 11.6 Å². The van der Waals surface area contributed by atoms with Gasteiger partial charge in [-0.25, -0.2) is 4.39 Å². The molecule has 0 saturated carbocycles. The molecule has 0 unspecified atom stereocenters. The molecule has 2 aromatic carbocycles. The van der Waals surface area contributed by atoms with Crippen molar-refractivity contribution in [3.63, 3.8) is 0 Å². The van der Waals surface area contributed by atoms with Crippen LogP contribution in [0.2, 0.25) is 0 Å². The average molecular weight is 496 g/mol. The van der Waals surface area contributed by atoms with E-state index in [0.29, 0.717) is 17.8 Å². The molecule has 0 radical (unpaired) electrons. The van der Waals surface area contributed by atoms with Crippen molar-refractivity contribution in [2.24, 2.45) is 0 Å². The number of carbonyl (C=O) groups excluding carboxylic acids is 1. The molecule has 7 heteroatoms. The Balaban J connectivity index is 1.35. The first kappa shape index (κ1) is 24.6. The van der Waals surface area contributed by atoms with Crippen LogP contribution in [0, 0.1) is 5.82 Å². The number of benzene rings is 2. The summed E-state index contributed by atoms with van der Waals surface area (Å²) in [5.41, 5.74) is 4.40. The van der Waals surface area contributed by atoms with Gasteiger partial charge in [0.25, 0.3) is 0 Å². The summed E-state index contributed by atoms with van der Waals surface area (Å²) >= 11 is 0. The fraction of sp³-hybridized carbons (Fsp3) is 0.233. The normalized spacial score (nSPS) is 14.4. The second-order valence-corrected chi connectivity index (χ2v) is 9.14. The van der Waals surface area contributed by atoms with Crippen LogP contribution in [-0.4, -0.2) is 58.2 Å². The molecule has 0 atom stereocenters. The molecule has 1 aliphatic heterocycles. The van der Waals surface area contributed by atoms with Crippen LogP contribution in [0.25, 0.3) is 17.3 Å². The Labute approximate surface area is 216 Å². The van der Waals surface area contributed by atoms with Crippen LogP contribution in [0.3, 0.4) is 0 Å². The zero-order chi connectivity index (χ0) is 25.6. The SMILES string of the molecule is CCN1CCN(c2ccc(C(=O)/C=C/c3cn(Cc4ccccc4)nc3-c3cccnc3)cc2F)CC1. The molecule has 0 bridgehead atoms. The lowest BCUT2D eigenvalue weighted by molar-refractivity contribution is 0.104. The summed E-state index contributed by atoms with van der Waals surface area (Å²) in [5.74, 6) is -0.620. The average Bonchev–Trinajstić information content (AvgIpc) is 3.35. The van der Waals surface area contributed by atoms with Crippen LogP contribution in [0.4, 0.5) is 10.1 Å². The van der Waals surface area contributed by atoms with Gasteiger partial charge in [0.2, 0.25) is 0 Å². The molecule has 5 rings (SSSR count). The highest BCUT2D eigenvalue weighted by Gasteiger charge is 2.19. The summed E-state index contributed by atoms with van der Waals surface area (Å²) in [6.45, 7) is 7.13. The molecule has 37 heavy (non-hydrogen) atoms. The van der Waals surface area contributed by atoms with Gasteiger partial charge in [-0.1, -0.05) is 37.3 Å². The number of rotatable bonds is 8. The van der Waals surface area contributed by atoms with Crippen molar-refractivity contribution in [1.82, 2.24) is 19.7 Å². The van der Waals surface area contributed by atoms with E-state index in [2.05, 4.69) is 16.8 Å². The van der Waals surface area contributed by atoms with E-state index in [4.69, 9.17) is 5.10 Å². The van der Waals surface area contributed by atoms with E-state index in [1.165, 1.54) is 12.1 Å². The lowest BCUT2D eigenvalue weighted by Crippen LogP contribution is -2.46. The fourth-order valence-corrected chi connectivity index (χ4v) is 4.62. The zero-order valence-electron chi connectivity index (χ0n) is 20.9. The third kappa shape index (κ3) is 5.84. The van der Waals surface area contributed by atoms with Crippen molar-refractivity contribution >= 4 is 17.5 Å². The predicted molar refractivity (Wildman–Crippen MR) is 145 cm³/mol. The van der Waals surface area contributed by atoms with Crippen LogP contribution < -0.4 is 4.90 Å². The molecule has 6 nitrogen and oxygen atoms in total. The van der Waals surface area contributed by atoms with Crippen molar-refractivity contribution in [3.8, 4) is 11.3 Å². The van der Waals surface area contributed by atoms with Crippen LogP contribution in [0.1, 0.15) is 28.4 Å². The summed E-state index contributed by atoms with van der Waals surface area (Å²) in [6, 6.07) is 18.6. The first-order valence-corrected chi connectivity index (χ1v) is 12.6. The van der Waals surface area contributed by atoms with E-state index < -0.39 is 0 Å². The van der Waals surface area contributed by atoms with Crippen molar-refractivity contribution in [3.05, 3.63) is 108 Å². The maximum atomic E-state index is 15.0. The van der Waals surface area contributed by atoms with Crippen molar-refractivity contribution < 1.29 is 9.18 Å². The van der Waals surface area contributed by atoms with Gasteiger partial charge in [-0.05, 0) is 54.6 Å². The van der Waals surface area contributed by atoms with Gasteiger partial charge in [-0.3, -0.25) is 14.5 Å². The minimum absolute atomic E-state index is 0.255. The number of nitrogens with zero attached hydrogens (tertiary/aromatic N) is 5. The Morgan fingerprint density at radius 2 is 1.84 bits per heavy atom. The number of pyridine rings is 1. The Morgan fingerprint density at radius 3 is 2.54 bits per heavy atom. The van der Waals surface area contributed by atoms with Gasteiger partial charge in [-0.2, -0.15) is 5.10 Å². The minimum atomic E-state index is -0.365. The van der Waals surface area contributed by atoms with Crippen LogP contribution in [0.15, 0.2) is 85.3 Å². The number of aromatic nitrogens is 3. The summed E-state index contributed by atoms with van der Waals surface area (Å²) < 4.78 is 16.8. The molecule has 4 aromatic rings. The summed E-state index contributed by atoms with van der Waals surface area (Å²) in [4.78, 5) is 21.6. The molecule has 0 amide bonds. The molecule has 0 aliphatic carbocycles. The Morgan fingerprint density at radius 1 is 1.03 bits per heavy atom. The molecule has 188 valence electrons. The highest BCUT2D eigenvalue weighted by atomic mass is 19.1. The van der Waals surface area contributed by atoms with Crippen LogP contribution >= 0.6 is 0 Å². The maximum Gasteiger partial charge on any atom is 0.185 e. The fourth-order valence-electron chi connectivity index (χ4n) is 4.62. The summed E-state index contributed by atoms with van der Waals surface area (Å²) in [6.07, 6.45) is 8.61. The molecule has 3 heterocycles. The molecular formula is C30H30FN5O. The number of hydrogen-bond acceptors (Lipinski definition) is 5. The Kier molecular flexibility index (Phi) is 7.51. The second kappa shape index (κ2) is 11.3. The van der Waals surface area contributed by atoms with E-state index >= 15 is 0 Å². The molecule has 1 fully saturated rings. The lowest BCUT2D eigenvalue weighted by Gasteiger charge is -2.35. The quantitative estimate of drug-likeness (QED) is 0.249. The number of halogens is 1. The van der Waals surface area contributed by atoms with Gasteiger partial charge in [0.05, 0.1) is 12.2 Å². The van der Waals surface area contributed by atoms with E-state index in [1.54, 1.807) is 30.6 Å². The van der Waals surface area contributed by atoms with Gasteiger partial charge < -0.3 is 9.80 Å². The highest BCUT2D eigenvalue weighted by Crippen LogP contribution is 2.25. The number of ketones is 1. The smallest absolute Gasteiger partial charge is 0.185 e. The van der Waals surface area contributed by atoms with E-state index in [1.807, 2.05) is 58.2 Å². The van der Waals surface area contributed by atoms with Gasteiger partial charge in [0.1, 0.15) is 11.5 Å². The number of allylic oxidation sites excluding steroid dienone is 1. The number of anilines is 1. The molecular weight excluding hydrogens is 465 g/mol. The number of likely N-dealkylation sites (N-methyl/N-ethyl adjacent to an activating group) is 1. The third-order valence-electron chi connectivity index (χ3n) is 6.72.